The summed E-state index contributed by atoms with van der Waals surface area (Å²) in [6.07, 6.45) is 3.36. The van der Waals surface area contributed by atoms with Crippen LogP contribution in [-0.4, -0.2) is 5.97 Å². The fourth-order valence-corrected chi connectivity index (χ4v) is 1.97. The van der Waals surface area contributed by atoms with Crippen LogP contribution in [-0.2, 0) is 4.74 Å². The van der Waals surface area contributed by atoms with Crippen molar-refractivity contribution in [1.29, 1.82) is 5.26 Å². The second kappa shape index (κ2) is 7.94. The third-order valence-corrected chi connectivity index (χ3v) is 3.02. The van der Waals surface area contributed by atoms with Gasteiger partial charge in [-0.2, -0.15) is 5.26 Å². The molecule has 0 radical (unpaired) electrons. The molecule has 4 heteroatoms. The van der Waals surface area contributed by atoms with Crippen LogP contribution in [0.25, 0.3) is 0 Å². The number of benzene rings is 1. The highest BCUT2D eigenvalue weighted by molar-refractivity contribution is 5.94. The molecule has 1 unspecified atom stereocenters. The molecule has 0 aromatic heterocycles. The van der Waals surface area contributed by atoms with Crippen LogP contribution in [0.1, 0.15) is 48.4 Å². The van der Waals surface area contributed by atoms with E-state index in [-0.39, 0.29) is 0 Å². The molecule has 0 N–H and O–H groups in total. The predicted octanol–water partition coefficient (Wildman–Crippen LogP) is 4.78. The lowest BCUT2D eigenvalue weighted by molar-refractivity contribution is 0.0449. The lowest BCUT2D eigenvalue weighted by Gasteiger charge is -2.10. The van der Waals surface area contributed by atoms with E-state index in [1.54, 1.807) is 25.1 Å². The van der Waals surface area contributed by atoms with Crippen LogP contribution in [0.3, 0.4) is 0 Å². The zero-order valence-corrected chi connectivity index (χ0v) is 12.9. The van der Waals surface area contributed by atoms with E-state index in [9.17, 15) is 9.18 Å². The molecule has 1 aliphatic heterocycles. The van der Waals surface area contributed by atoms with Crippen molar-refractivity contribution >= 4 is 5.97 Å². The van der Waals surface area contributed by atoms with Gasteiger partial charge in [-0.15, -0.1) is 0 Å². The van der Waals surface area contributed by atoms with Gasteiger partial charge in [-0.3, -0.25) is 0 Å². The van der Waals surface area contributed by atoms with Crippen LogP contribution in [0.5, 0.6) is 0 Å². The van der Waals surface area contributed by atoms with Crippen LogP contribution in [0.4, 0.5) is 4.39 Å². The number of ether oxygens (including phenoxy) is 1. The number of fused-ring (bicyclic) bond motifs is 1. The van der Waals surface area contributed by atoms with Crippen molar-refractivity contribution in [2.24, 2.45) is 0 Å². The Labute approximate surface area is 130 Å². The van der Waals surface area contributed by atoms with Crippen molar-refractivity contribution in [1.82, 2.24) is 0 Å². The Kier molecular flexibility index (Phi) is 6.27. The largest absolute Gasteiger partial charge is 0.449 e. The molecule has 1 aromatic carbocycles. The van der Waals surface area contributed by atoms with E-state index in [1.165, 1.54) is 12.1 Å². The maximum atomic E-state index is 13.0. The quantitative estimate of drug-likeness (QED) is 0.596. The Hall–Kier alpha value is -2.67. The molecule has 1 aliphatic rings. The molecule has 1 aromatic rings. The smallest absolute Gasteiger partial charge is 0.339 e. The van der Waals surface area contributed by atoms with Gasteiger partial charge in [0.15, 0.2) is 0 Å². The van der Waals surface area contributed by atoms with Crippen molar-refractivity contribution < 1.29 is 13.9 Å². The number of cyclic esters (lactones) is 1. The highest BCUT2D eigenvalue weighted by Crippen LogP contribution is 2.36. The third kappa shape index (κ3) is 3.70. The molecule has 1 atom stereocenters. The average molecular weight is 299 g/mol. The molecule has 0 bridgehead atoms. The number of halogens is 1. The first-order valence-electron chi connectivity index (χ1n) is 6.98. The zero-order valence-electron chi connectivity index (χ0n) is 12.9. The fraction of sp³-hybridized carbons (Fsp3) is 0.222. The topological polar surface area (TPSA) is 50.1 Å². The molecule has 114 valence electrons. The first-order chi connectivity index (χ1) is 10.6. The van der Waals surface area contributed by atoms with Crippen LogP contribution in [0.15, 0.2) is 54.4 Å². The van der Waals surface area contributed by atoms with E-state index in [4.69, 9.17) is 10.00 Å². The minimum absolute atomic E-state index is 0.384. The number of rotatable bonds is 3. The Morgan fingerprint density at radius 2 is 2.09 bits per heavy atom. The Morgan fingerprint density at radius 1 is 1.41 bits per heavy atom. The first-order valence-corrected chi connectivity index (χ1v) is 6.98. The van der Waals surface area contributed by atoms with Crippen LogP contribution in [0.2, 0.25) is 0 Å². The maximum absolute atomic E-state index is 13.0. The van der Waals surface area contributed by atoms with E-state index >= 15 is 0 Å². The van der Waals surface area contributed by atoms with Gasteiger partial charge in [-0.1, -0.05) is 32.6 Å². The number of hydrogen-bond acceptors (Lipinski definition) is 3. The van der Waals surface area contributed by atoms with Crippen molar-refractivity contribution in [3.8, 4) is 6.07 Å². The minimum Gasteiger partial charge on any atom is -0.449 e. The molecular weight excluding hydrogens is 281 g/mol. The Morgan fingerprint density at radius 3 is 2.68 bits per heavy atom. The summed E-state index contributed by atoms with van der Waals surface area (Å²) in [6, 6.07) is 6.80. The van der Waals surface area contributed by atoms with Gasteiger partial charge in [0.1, 0.15) is 11.9 Å². The monoisotopic (exact) mass is 299 g/mol. The number of carbonyl (C=O) groups excluding carboxylic acids is 1. The molecule has 0 spiro atoms. The normalized spacial score (nSPS) is 16.9. The second-order valence-corrected chi connectivity index (χ2v) is 4.37. The SMILES string of the molecule is C=C/C(F)=C\C=C(/C)C1OC(=O)c2cc(C#N)ccc21.CC. The summed E-state index contributed by atoms with van der Waals surface area (Å²) in [7, 11) is 0. The number of carbonyl (C=O) groups is 1. The molecule has 0 aliphatic carbocycles. The summed E-state index contributed by atoms with van der Waals surface area (Å²) in [4.78, 5) is 11.8. The second-order valence-electron chi connectivity index (χ2n) is 4.37. The summed E-state index contributed by atoms with van der Waals surface area (Å²) in [5.74, 6) is -0.934. The summed E-state index contributed by atoms with van der Waals surface area (Å²) >= 11 is 0. The van der Waals surface area contributed by atoms with Crippen molar-refractivity contribution in [2.75, 3.05) is 0 Å². The van der Waals surface area contributed by atoms with E-state index in [0.29, 0.717) is 22.3 Å². The van der Waals surface area contributed by atoms with E-state index in [1.807, 2.05) is 19.9 Å². The molecular formula is C18H18FNO2. The molecule has 0 fully saturated rings. The summed E-state index contributed by atoms with van der Waals surface area (Å²) in [5, 5.41) is 8.83. The first kappa shape index (κ1) is 17.4. The Balaban J connectivity index is 0.00000116. The predicted molar refractivity (Wildman–Crippen MR) is 83.8 cm³/mol. The van der Waals surface area contributed by atoms with Gasteiger partial charge in [0.2, 0.25) is 0 Å². The Bertz CT molecular complexity index is 681. The standard InChI is InChI=1S/C16H12FNO2.C2H6/c1-3-12(17)6-4-10(2)15-13-7-5-11(9-18)8-14(13)16(19)20-15;1-2/h3-8,15H,1H2,2H3;1-2H3/b10-4+,12-6+;. The van der Waals surface area contributed by atoms with E-state index in [2.05, 4.69) is 6.58 Å². The number of nitrogens with zero attached hydrogens (tertiary/aromatic N) is 1. The third-order valence-electron chi connectivity index (χ3n) is 3.02. The summed E-state index contributed by atoms with van der Waals surface area (Å²) in [5.41, 5.74) is 2.17. The number of allylic oxidation sites excluding steroid dienone is 4. The van der Waals surface area contributed by atoms with Gasteiger partial charge in [0.25, 0.3) is 0 Å². The highest BCUT2D eigenvalue weighted by Gasteiger charge is 2.31. The van der Waals surface area contributed by atoms with Crippen molar-refractivity contribution in [3.63, 3.8) is 0 Å². The molecule has 2 rings (SSSR count). The summed E-state index contributed by atoms with van der Waals surface area (Å²) in [6.45, 7) is 9.06. The fourth-order valence-electron chi connectivity index (χ4n) is 1.97. The van der Waals surface area contributed by atoms with E-state index < -0.39 is 17.9 Å². The van der Waals surface area contributed by atoms with Gasteiger partial charge in [-0.05, 0) is 36.8 Å². The lowest BCUT2D eigenvalue weighted by Crippen LogP contribution is -1.99. The highest BCUT2D eigenvalue weighted by atomic mass is 19.1. The van der Waals surface area contributed by atoms with Crippen LogP contribution >= 0.6 is 0 Å². The van der Waals surface area contributed by atoms with Gasteiger partial charge < -0.3 is 4.74 Å². The van der Waals surface area contributed by atoms with Gasteiger partial charge in [0.05, 0.1) is 17.2 Å². The van der Waals surface area contributed by atoms with Gasteiger partial charge >= 0.3 is 5.97 Å². The average Bonchev–Trinajstić information content (AvgIpc) is 2.90. The molecule has 0 amide bonds. The van der Waals surface area contributed by atoms with Gasteiger partial charge in [0, 0.05) is 5.56 Å². The van der Waals surface area contributed by atoms with Crippen LogP contribution < -0.4 is 0 Å². The molecule has 1 heterocycles. The molecule has 0 saturated carbocycles. The van der Waals surface area contributed by atoms with Crippen molar-refractivity contribution in [2.45, 2.75) is 26.9 Å². The lowest BCUT2D eigenvalue weighted by atomic mass is 9.98. The molecule has 0 saturated heterocycles. The number of nitriles is 1. The zero-order chi connectivity index (χ0) is 16.7. The maximum Gasteiger partial charge on any atom is 0.339 e. The number of esters is 1. The molecule has 22 heavy (non-hydrogen) atoms. The van der Waals surface area contributed by atoms with Gasteiger partial charge in [-0.25, -0.2) is 9.18 Å². The minimum atomic E-state index is -0.542. The number of hydrogen-bond donors (Lipinski definition) is 0. The van der Waals surface area contributed by atoms with Crippen molar-refractivity contribution in [3.05, 3.63) is 71.1 Å². The van der Waals surface area contributed by atoms with E-state index in [0.717, 1.165) is 6.08 Å². The molecule has 3 nitrogen and oxygen atoms in total. The van der Waals surface area contributed by atoms with Crippen LogP contribution in [0, 0.1) is 11.3 Å². The summed E-state index contributed by atoms with van der Waals surface area (Å²) < 4.78 is 18.3.